The summed E-state index contributed by atoms with van der Waals surface area (Å²) in [5.74, 6) is 0.855. The van der Waals surface area contributed by atoms with Gasteiger partial charge in [0.1, 0.15) is 13.2 Å². The first kappa shape index (κ1) is 64.4. The average molecular weight is 934 g/mol. The fourth-order valence-corrected chi connectivity index (χ4v) is 9.23. The highest BCUT2D eigenvalue weighted by molar-refractivity contribution is 5.71. The van der Waals surface area contributed by atoms with Gasteiger partial charge in [-0.1, -0.05) is 298 Å². The van der Waals surface area contributed by atoms with Gasteiger partial charge >= 0.3 is 17.9 Å². The molecule has 0 radical (unpaired) electrons. The topological polar surface area (TPSA) is 78.9 Å². The van der Waals surface area contributed by atoms with E-state index in [0.717, 1.165) is 69.6 Å². The standard InChI is InChI=1S/C60H116O6/c1-6-7-8-9-10-11-12-18-25-30-35-40-45-50-58(61)64-53-57(54-65-59(62)51-46-41-36-31-26-22-17-20-24-29-34-39-44-49-56(4)5)66-60(63)52-47-42-37-32-27-21-16-14-13-15-19-23-28-33-38-43-48-55(2)3/h55-57H,6-54H2,1-5H3/t57-/m0/s1. The maximum Gasteiger partial charge on any atom is 0.306 e. The van der Waals surface area contributed by atoms with Gasteiger partial charge in [-0.3, -0.25) is 14.4 Å². The van der Waals surface area contributed by atoms with Crippen LogP contribution in [0.2, 0.25) is 0 Å². The molecule has 0 heterocycles. The third-order valence-corrected chi connectivity index (χ3v) is 13.7. The maximum atomic E-state index is 12.9. The number of rotatable bonds is 54. The van der Waals surface area contributed by atoms with Gasteiger partial charge in [0, 0.05) is 19.3 Å². The van der Waals surface area contributed by atoms with Crippen molar-refractivity contribution in [2.75, 3.05) is 13.2 Å². The van der Waals surface area contributed by atoms with E-state index in [9.17, 15) is 14.4 Å². The van der Waals surface area contributed by atoms with Gasteiger partial charge in [0.05, 0.1) is 0 Å². The van der Waals surface area contributed by atoms with Crippen molar-refractivity contribution in [2.45, 2.75) is 343 Å². The largest absolute Gasteiger partial charge is 0.462 e. The number of unbranched alkanes of at least 4 members (excludes halogenated alkanes) is 39. The van der Waals surface area contributed by atoms with Crippen LogP contribution >= 0.6 is 0 Å². The van der Waals surface area contributed by atoms with E-state index in [2.05, 4.69) is 34.6 Å². The Labute approximate surface area is 412 Å². The lowest BCUT2D eigenvalue weighted by Gasteiger charge is -2.18. The summed E-state index contributed by atoms with van der Waals surface area (Å²) >= 11 is 0. The van der Waals surface area contributed by atoms with Crippen LogP contribution in [0.4, 0.5) is 0 Å². The first-order valence-corrected chi connectivity index (χ1v) is 29.7. The van der Waals surface area contributed by atoms with Crippen LogP contribution < -0.4 is 0 Å². The van der Waals surface area contributed by atoms with Crippen LogP contribution in [0.15, 0.2) is 0 Å². The second-order valence-electron chi connectivity index (χ2n) is 21.6. The lowest BCUT2D eigenvalue weighted by Crippen LogP contribution is -2.30. The lowest BCUT2D eigenvalue weighted by molar-refractivity contribution is -0.167. The predicted octanol–water partition coefficient (Wildman–Crippen LogP) is 19.7. The van der Waals surface area contributed by atoms with Crippen molar-refractivity contribution in [3.8, 4) is 0 Å². The predicted molar refractivity (Wildman–Crippen MR) is 284 cm³/mol. The van der Waals surface area contributed by atoms with Gasteiger partial charge in [0.15, 0.2) is 6.10 Å². The number of ether oxygens (including phenoxy) is 3. The fourth-order valence-electron chi connectivity index (χ4n) is 9.23. The molecule has 0 saturated carbocycles. The first-order valence-electron chi connectivity index (χ1n) is 29.7. The zero-order valence-corrected chi connectivity index (χ0v) is 45.3. The van der Waals surface area contributed by atoms with Crippen LogP contribution in [-0.4, -0.2) is 37.2 Å². The highest BCUT2D eigenvalue weighted by atomic mass is 16.6. The van der Waals surface area contributed by atoms with E-state index < -0.39 is 6.10 Å². The molecule has 1 atom stereocenters. The summed E-state index contributed by atoms with van der Waals surface area (Å²) in [6, 6.07) is 0. The minimum absolute atomic E-state index is 0.0623. The number of hydrogen-bond acceptors (Lipinski definition) is 6. The summed E-state index contributed by atoms with van der Waals surface area (Å²) in [4.78, 5) is 38.2. The summed E-state index contributed by atoms with van der Waals surface area (Å²) in [5, 5.41) is 0. The lowest BCUT2D eigenvalue weighted by atomic mass is 10.0. The van der Waals surface area contributed by atoms with Crippen LogP contribution in [0.1, 0.15) is 336 Å². The molecule has 0 fully saturated rings. The Hall–Kier alpha value is -1.59. The third kappa shape index (κ3) is 53.4. The molecule has 0 rings (SSSR count). The smallest absolute Gasteiger partial charge is 0.306 e. The zero-order valence-electron chi connectivity index (χ0n) is 45.3. The van der Waals surface area contributed by atoms with E-state index in [1.807, 2.05) is 0 Å². The van der Waals surface area contributed by atoms with Gasteiger partial charge in [0.25, 0.3) is 0 Å². The van der Waals surface area contributed by atoms with Gasteiger partial charge < -0.3 is 14.2 Å². The van der Waals surface area contributed by atoms with Crippen molar-refractivity contribution in [2.24, 2.45) is 11.8 Å². The van der Waals surface area contributed by atoms with Crippen LogP contribution in [0, 0.1) is 11.8 Å². The van der Waals surface area contributed by atoms with E-state index in [1.54, 1.807) is 0 Å². The minimum atomic E-state index is -0.763. The summed E-state index contributed by atoms with van der Waals surface area (Å²) in [5.41, 5.74) is 0. The Kier molecular flexibility index (Phi) is 51.5. The van der Waals surface area contributed by atoms with Crippen molar-refractivity contribution in [3.05, 3.63) is 0 Å². The number of carbonyl (C=O) groups excluding carboxylic acids is 3. The van der Waals surface area contributed by atoms with E-state index in [1.165, 1.54) is 225 Å². The van der Waals surface area contributed by atoms with Crippen LogP contribution in [0.5, 0.6) is 0 Å². The Morgan fingerprint density at radius 3 is 0.742 bits per heavy atom. The second-order valence-corrected chi connectivity index (χ2v) is 21.6. The molecule has 0 aliphatic rings. The fraction of sp³-hybridized carbons (Fsp3) is 0.950. The minimum Gasteiger partial charge on any atom is -0.462 e. The highest BCUT2D eigenvalue weighted by Gasteiger charge is 2.19. The Bertz CT molecular complexity index is 1010. The molecule has 0 aromatic rings. The van der Waals surface area contributed by atoms with Crippen LogP contribution in [0.3, 0.4) is 0 Å². The van der Waals surface area contributed by atoms with Gasteiger partial charge in [-0.2, -0.15) is 0 Å². The van der Waals surface area contributed by atoms with Crippen molar-refractivity contribution in [3.63, 3.8) is 0 Å². The van der Waals surface area contributed by atoms with Crippen LogP contribution in [0.25, 0.3) is 0 Å². The molecule has 0 N–H and O–H groups in total. The normalized spacial score (nSPS) is 12.0. The molecule has 0 bridgehead atoms. The van der Waals surface area contributed by atoms with E-state index >= 15 is 0 Å². The monoisotopic (exact) mass is 933 g/mol. The molecule has 66 heavy (non-hydrogen) atoms. The molecule has 6 nitrogen and oxygen atoms in total. The van der Waals surface area contributed by atoms with Crippen molar-refractivity contribution in [1.82, 2.24) is 0 Å². The van der Waals surface area contributed by atoms with Gasteiger partial charge in [-0.15, -0.1) is 0 Å². The second kappa shape index (κ2) is 52.8. The molecule has 0 aliphatic heterocycles. The maximum absolute atomic E-state index is 12.9. The third-order valence-electron chi connectivity index (χ3n) is 13.7. The summed E-state index contributed by atoms with van der Waals surface area (Å²) in [7, 11) is 0. The highest BCUT2D eigenvalue weighted by Crippen LogP contribution is 2.18. The number of carbonyl (C=O) groups is 3. The Balaban J connectivity index is 4.28. The van der Waals surface area contributed by atoms with Crippen LogP contribution in [-0.2, 0) is 28.6 Å². The zero-order chi connectivity index (χ0) is 48.2. The molecule has 0 aliphatic carbocycles. The first-order chi connectivity index (χ1) is 32.2. The summed E-state index contributed by atoms with van der Waals surface area (Å²) in [6.07, 6.45) is 56.6. The molecule has 6 heteroatoms. The van der Waals surface area contributed by atoms with Gasteiger partial charge in [0.2, 0.25) is 0 Å². The average Bonchev–Trinajstić information content (AvgIpc) is 3.29. The molecule has 0 amide bonds. The van der Waals surface area contributed by atoms with E-state index in [0.29, 0.717) is 19.3 Å². The quantitative estimate of drug-likeness (QED) is 0.0343. The Morgan fingerprint density at radius 2 is 0.500 bits per heavy atom. The van der Waals surface area contributed by atoms with Crippen molar-refractivity contribution in [1.29, 1.82) is 0 Å². The molecule has 392 valence electrons. The van der Waals surface area contributed by atoms with E-state index in [4.69, 9.17) is 14.2 Å². The number of hydrogen-bond donors (Lipinski definition) is 0. The van der Waals surface area contributed by atoms with Gasteiger partial charge in [-0.05, 0) is 31.1 Å². The molecular weight excluding hydrogens is 817 g/mol. The molecular formula is C60H116O6. The van der Waals surface area contributed by atoms with Crippen molar-refractivity contribution < 1.29 is 28.6 Å². The SMILES string of the molecule is CCCCCCCCCCCCCCCC(=O)OC[C@@H](COC(=O)CCCCCCCCCCCCCCCC(C)C)OC(=O)CCCCCCCCCCCCCCCCCCC(C)C. The molecule has 0 aromatic heterocycles. The molecule has 0 spiro atoms. The van der Waals surface area contributed by atoms with Gasteiger partial charge in [-0.25, -0.2) is 0 Å². The van der Waals surface area contributed by atoms with E-state index in [-0.39, 0.29) is 31.1 Å². The molecule has 0 aromatic carbocycles. The summed E-state index contributed by atoms with van der Waals surface area (Å²) in [6.45, 7) is 11.4. The molecule has 0 unspecified atom stereocenters. The Morgan fingerprint density at radius 1 is 0.288 bits per heavy atom. The number of esters is 3. The molecule has 0 saturated heterocycles. The van der Waals surface area contributed by atoms with Crippen molar-refractivity contribution >= 4 is 17.9 Å². The summed E-state index contributed by atoms with van der Waals surface area (Å²) < 4.78 is 16.9.